The van der Waals surface area contributed by atoms with Crippen molar-refractivity contribution in [3.8, 4) is 11.4 Å². The van der Waals surface area contributed by atoms with Crippen molar-refractivity contribution in [3.05, 3.63) is 99.2 Å². The van der Waals surface area contributed by atoms with E-state index in [2.05, 4.69) is 27.0 Å². The van der Waals surface area contributed by atoms with Crippen LogP contribution in [0.1, 0.15) is 31.9 Å². The molecular weight excluding hydrogens is 631 g/mol. The van der Waals surface area contributed by atoms with Crippen LogP contribution in [-0.2, 0) is 20.1 Å². The first kappa shape index (κ1) is 31.9. The number of anilines is 2. The third kappa shape index (κ3) is 6.32. The molecule has 2 fully saturated rings. The van der Waals surface area contributed by atoms with Gasteiger partial charge in [-0.2, -0.15) is 5.10 Å². The first-order chi connectivity index (χ1) is 22.2. The number of nitrogens with zero attached hydrogens (tertiary/aromatic N) is 5. The number of benzene rings is 3. The van der Waals surface area contributed by atoms with Gasteiger partial charge in [-0.25, -0.2) is 14.0 Å². The summed E-state index contributed by atoms with van der Waals surface area (Å²) < 4.78 is 20.8. The number of carbonyl (C=O) groups excluding carboxylic acids is 1. The lowest BCUT2D eigenvalue weighted by Gasteiger charge is -2.37. The van der Waals surface area contributed by atoms with Crippen LogP contribution in [0.15, 0.2) is 77.9 Å². The standard InChI is InChI=1S/C33H36Cl2N6O5/c1-3-22(2)41-32(43)40(21-37-41)26-7-5-24(6-8-26)38-14-16-39(17-15-38)25-9-11-27(12-10-25)44-19-28-20-45-33(46-28,31(36)42)29-13-4-23(34)18-30(29)35/h4-13,18,21-22,28H,3,14-17,19-20H2,1-2H3,(H2,36,42)/t22-,28-,33+/m1/s1. The fourth-order valence-corrected chi connectivity index (χ4v) is 6.25. The number of primary amides is 1. The van der Waals surface area contributed by atoms with E-state index in [9.17, 15) is 9.59 Å². The summed E-state index contributed by atoms with van der Waals surface area (Å²) in [7, 11) is 0. The molecule has 1 aromatic heterocycles. The van der Waals surface area contributed by atoms with Crippen LogP contribution < -0.4 is 26.0 Å². The zero-order valence-corrected chi connectivity index (χ0v) is 27.2. The van der Waals surface area contributed by atoms with Crippen molar-refractivity contribution in [3.63, 3.8) is 0 Å². The van der Waals surface area contributed by atoms with Crippen LogP contribution in [0, 0.1) is 0 Å². The van der Waals surface area contributed by atoms with E-state index >= 15 is 0 Å². The molecule has 3 atom stereocenters. The number of carbonyl (C=O) groups is 1. The molecule has 2 saturated heterocycles. The first-order valence-electron chi connectivity index (χ1n) is 15.2. The van der Waals surface area contributed by atoms with E-state index in [4.69, 9.17) is 43.1 Å². The maximum Gasteiger partial charge on any atom is 0.350 e. The number of ether oxygens (including phenoxy) is 3. The van der Waals surface area contributed by atoms with Crippen LogP contribution in [-0.4, -0.2) is 65.8 Å². The average molecular weight is 668 g/mol. The Morgan fingerprint density at radius 1 is 1.00 bits per heavy atom. The molecule has 0 spiro atoms. The minimum Gasteiger partial charge on any atom is -0.491 e. The number of halogens is 2. The van der Waals surface area contributed by atoms with E-state index in [1.54, 1.807) is 23.0 Å². The number of rotatable bonds is 10. The molecule has 0 aliphatic carbocycles. The fourth-order valence-electron chi connectivity index (χ4n) is 5.71. The normalized spacial score (nSPS) is 20.6. The van der Waals surface area contributed by atoms with Crippen molar-refractivity contribution < 1.29 is 19.0 Å². The molecule has 2 N–H and O–H groups in total. The number of hydrogen-bond acceptors (Lipinski definition) is 8. The molecule has 0 bridgehead atoms. The number of nitrogens with two attached hydrogens (primary N) is 1. The lowest BCUT2D eigenvalue weighted by atomic mass is 10.1. The Kier molecular flexibility index (Phi) is 9.28. The molecule has 11 nitrogen and oxygen atoms in total. The molecule has 2 aliphatic rings. The Morgan fingerprint density at radius 2 is 1.61 bits per heavy atom. The summed E-state index contributed by atoms with van der Waals surface area (Å²) >= 11 is 12.3. The van der Waals surface area contributed by atoms with Crippen LogP contribution in [0.4, 0.5) is 11.4 Å². The van der Waals surface area contributed by atoms with Gasteiger partial charge in [0.1, 0.15) is 24.8 Å². The highest BCUT2D eigenvalue weighted by Crippen LogP contribution is 2.39. The van der Waals surface area contributed by atoms with Crippen LogP contribution in [0.2, 0.25) is 10.0 Å². The molecule has 4 aromatic rings. The molecule has 0 radical (unpaired) electrons. The fraction of sp³-hybridized carbons (Fsp3) is 0.364. The van der Waals surface area contributed by atoms with E-state index in [1.165, 1.54) is 10.7 Å². The predicted octanol–water partition coefficient (Wildman–Crippen LogP) is 4.77. The minimum absolute atomic E-state index is 0.0574. The van der Waals surface area contributed by atoms with Gasteiger partial charge in [-0.05, 0) is 74.0 Å². The second kappa shape index (κ2) is 13.4. The molecule has 3 heterocycles. The van der Waals surface area contributed by atoms with Crippen molar-refractivity contribution >= 4 is 40.5 Å². The first-order valence-corrected chi connectivity index (χ1v) is 16.0. The zero-order valence-electron chi connectivity index (χ0n) is 25.6. The minimum atomic E-state index is -1.81. The maximum atomic E-state index is 12.8. The highest BCUT2D eigenvalue weighted by atomic mass is 35.5. The van der Waals surface area contributed by atoms with Gasteiger partial charge in [0.25, 0.3) is 11.7 Å². The highest BCUT2D eigenvalue weighted by Gasteiger charge is 2.50. The van der Waals surface area contributed by atoms with Crippen LogP contribution in [0.5, 0.6) is 5.75 Å². The Bertz CT molecular complexity index is 1740. The van der Waals surface area contributed by atoms with E-state index in [0.29, 0.717) is 16.3 Å². The van der Waals surface area contributed by atoms with Crippen LogP contribution >= 0.6 is 23.2 Å². The molecule has 3 aromatic carbocycles. The summed E-state index contributed by atoms with van der Waals surface area (Å²) in [6.07, 6.45) is 1.89. The van der Waals surface area contributed by atoms with Gasteiger partial charge in [0.05, 0.1) is 23.4 Å². The van der Waals surface area contributed by atoms with Gasteiger partial charge < -0.3 is 29.7 Å². The van der Waals surface area contributed by atoms with Crippen molar-refractivity contribution in [2.24, 2.45) is 5.73 Å². The van der Waals surface area contributed by atoms with Gasteiger partial charge >= 0.3 is 5.69 Å². The second-order valence-electron chi connectivity index (χ2n) is 11.4. The molecule has 242 valence electrons. The average Bonchev–Trinajstić information content (AvgIpc) is 3.68. The molecule has 0 unspecified atom stereocenters. The van der Waals surface area contributed by atoms with Crippen molar-refractivity contribution in [2.75, 3.05) is 49.2 Å². The summed E-state index contributed by atoms with van der Waals surface area (Å²) in [6.45, 7) is 7.74. The summed E-state index contributed by atoms with van der Waals surface area (Å²) in [6, 6.07) is 20.7. The third-order valence-electron chi connectivity index (χ3n) is 8.53. The molecule has 0 saturated carbocycles. The van der Waals surface area contributed by atoms with Gasteiger partial charge in [-0.1, -0.05) is 36.2 Å². The highest BCUT2D eigenvalue weighted by molar-refractivity contribution is 6.35. The van der Waals surface area contributed by atoms with Gasteiger partial charge in [0.15, 0.2) is 0 Å². The van der Waals surface area contributed by atoms with Crippen molar-refractivity contribution in [1.82, 2.24) is 14.3 Å². The summed E-state index contributed by atoms with van der Waals surface area (Å²) in [5.41, 5.74) is 8.87. The molecule has 46 heavy (non-hydrogen) atoms. The maximum absolute atomic E-state index is 12.8. The zero-order chi connectivity index (χ0) is 32.4. The molecule has 6 rings (SSSR count). The third-order valence-corrected chi connectivity index (χ3v) is 9.08. The molecule has 13 heteroatoms. The SMILES string of the molecule is CC[C@@H](C)n1ncn(-c2ccc(N3CCN(c4ccc(OC[C@@H]5CO[C@@](C(N)=O)(c6ccc(Cl)cc6Cl)O5)cc4)CC3)cc2)c1=O. The Balaban J connectivity index is 1.01. The second-order valence-corrected chi connectivity index (χ2v) is 12.3. The van der Waals surface area contributed by atoms with E-state index in [-0.39, 0.29) is 30.0 Å². The number of aromatic nitrogens is 3. The van der Waals surface area contributed by atoms with Crippen LogP contribution in [0.3, 0.4) is 0 Å². The Morgan fingerprint density at radius 3 is 2.20 bits per heavy atom. The summed E-state index contributed by atoms with van der Waals surface area (Å²) in [5.74, 6) is -1.94. The van der Waals surface area contributed by atoms with Crippen molar-refractivity contribution in [2.45, 2.75) is 38.2 Å². The van der Waals surface area contributed by atoms with Gasteiger partial charge in [-0.3, -0.25) is 4.79 Å². The summed E-state index contributed by atoms with van der Waals surface area (Å²) in [5, 5.41) is 4.93. The Labute approximate surface area is 277 Å². The van der Waals surface area contributed by atoms with Gasteiger partial charge in [0.2, 0.25) is 0 Å². The van der Waals surface area contributed by atoms with Crippen molar-refractivity contribution in [1.29, 1.82) is 0 Å². The lowest BCUT2D eigenvalue weighted by Crippen LogP contribution is -2.46. The van der Waals surface area contributed by atoms with Crippen LogP contribution in [0.25, 0.3) is 5.69 Å². The quantitative estimate of drug-likeness (QED) is 0.257. The number of hydrogen-bond donors (Lipinski definition) is 1. The Hall–Kier alpha value is -4.03. The van der Waals surface area contributed by atoms with Gasteiger partial charge in [0, 0.05) is 48.1 Å². The summed E-state index contributed by atoms with van der Waals surface area (Å²) in [4.78, 5) is 29.8. The molecular formula is C33H36Cl2N6O5. The smallest absolute Gasteiger partial charge is 0.350 e. The molecule has 1 amide bonds. The predicted molar refractivity (Wildman–Crippen MR) is 177 cm³/mol. The monoisotopic (exact) mass is 666 g/mol. The van der Waals surface area contributed by atoms with E-state index < -0.39 is 17.8 Å². The molecule has 2 aliphatic heterocycles. The van der Waals surface area contributed by atoms with Gasteiger partial charge in [-0.15, -0.1) is 0 Å². The largest absolute Gasteiger partial charge is 0.491 e. The number of amides is 1. The number of piperazine rings is 1. The van der Waals surface area contributed by atoms with E-state index in [0.717, 1.165) is 49.7 Å². The lowest BCUT2D eigenvalue weighted by molar-refractivity contribution is -0.190. The van der Waals surface area contributed by atoms with E-state index in [1.807, 2.05) is 50.2 Å². The topological polar surface area (TPSA) is 117 Å².